The minimum atomic E-state index is -0.509. The largest absolute Gasteiger partial charge is 0.465 e. The van der Waals surface area contributed by atoms with Crippen LogP contribution in [0.25, 0.3) is 21.8 Å². The van der Waals surface area contributed by atoms with Crippen LogP contribution in [0.15, 0.2) is 91.0 Å². The van der Waals surface area contributed by atoms with Crippen molar-refractivity contribution < 1.29 is 24.0 Å². The molecule has 0 bridgehead atoms. The second-order valence-corrected chi connectivity index (χ2v) is 10.3. The van der Waals surface area contributed by atoms with E-state index < -0.39 is 12.0 Å². The summed E-state index contributed by atoms with van der Waals surface area (Å²) in [6.07, 6.45) is 3.14. The summed E-state index contributed by atoms with van der Waals surface area (Å²) in [5.41, 5.74) is 5.85. The number of rotatable bonds is 13. The van der Waals surface area contributed by atoms with Crippen LogP contribution in [-0.4, -0.2) is 34.9 Å². The minimum Gasteiger partial charge on any atom is -0.465 e. The predicted octanol–water partition coefficient (Wildman–Crippen LogP) is 6.17. The number of esters is 1. The number of nitrogens with one attached hydrogen (secondary N) is 3. The highest BCUT2D eigenvalue weighted by Crippen LogP contribution is 2.27. The molecular weight excluding hydrogens is 544 g/mol. The molecule has 0 spiro atoms. The van der Waals surface area contributed by atoms with Gasteiger partial charge in [-0.2, -0.15) is 0 Å². The second-order valence-electron chi connectivity index (χ2n) is 10.3. The number of carbonyl (C=O) groups is 3. The average molecular weight is 579 g/mol. The number of imidazole rings is 1. The minimum absolute atomic E-state index is 0.171. The third-order valence-electron chi connectivity index (χ3n) is 7.24. The molecule has 9 heteroatoms. The number of benzene rings is 4. The van der Waals surface area contributed by atoms with Crippen molar-refractivity contribution in [1.29, 1.82) is 0 Å². The van der Waals surface area contributed by atoms with E-state index in [9.17, 15) is 14.4 Å². The number of fused-ring (bicyclic) bond motifs is 3. The molecule has 1 aromatic heterocycles. The van der Waals surface area contributed by atoms with Crippen molar-refractivity contribution in [3.8, 4) is 0 Å². The molecule has 43 heavy (non-hydrogen) atoms. The molecule has 0 aliphatic carbocycles. The number of unbranched alkanes of at least 4 members (excludes halogenated alkanes) is 2. The van der Waals surface area contributed by atoms with Gasteiger partial charge in [-0.05, 0) is 48.1 Å². The van der Waals surface area contributed by atoms with Crippen LogP contribution in [0.1, 0.15) is 70.2 Å². The first kappa shape index (κ1) is 29.5. The van der Waals surface area contributed by atoms with Crippen LogP contribution in [0.4, 0.5) is 0 Å². The Balaban J connectivity index is 1.23. The quantitative estimate of drug-likeness (QED) is 0.0872. The molecular formula is C34H34N4O5. The van der Waals surface area contributed by atoms with Crippen molar-refractivity contribution in [3.63, 3.8) is 0 Å². The number of carbonyl (C=O) groups excluding carboxylic acids is 3. The number of H-pyrrole nitrogens is 1. The third-order valence-corrected chi connectivity index (χ3v) is 7.24. The van der Waals surface area contributed by atoms with E-state index in [1.165, 1.54) is 13.2 Å². The maximum absolute atomic E-state index is 13.3. The standard InChI is InChI=1S/C34H34N4O5/c1-42-34(41)26-15-10-14-25(21-26)33(40)36-29(32-35-28-20-19-24-13-8-9-16-27(24)31(28)37-32)17-6-3-7-18-30(39)38-43-22-23-11-4-2-5-12-23/h2,4-5,8-16,19-21,29H,3,6-7,17-18,22H2,1H3,(H,35,37)(H,36,40)(H,38,39)/t29-/m0/s1. The molecule has 1 heterocycles. The summed E-state index contributed by atoms with van der Waals surface area (Å²) in [5, 5.41) is 5.21. The molecule has 3 N–H and O–H groups in total. The number of aromatic amines is 1. The number of nitrogens with zero attached hydrogens (tertiary/aromatic N) is 1. The normalized spacial score (nSPS) is 11.7. The number of methoxy groups -OCH3 is 1. The number of hydrogen-bond donors (Lipinski definition) is 3. The summed E-state index contributed by atoms with van der Waals surface area (Å²) in [6, 6.07) is 27.7. The Kier molecular flexibility index (Phi) is 9.76. The van der Waals surface area contributed by atoms with Gasteiger partial charge in [0.15, 0.2) is 0 Å². The Bertz CT molecular complexity index is 1720. The van der Waals surface area contributed by atoms with E-state index in [2.05, 4.69) is 15.8 Å². The van der Waals surface area contributed by atoms with E-state index in [0.717, 1.165) is 40.2 Å². The summed E-state index contributed by atoms with van der Waals surface area (Å²) < 4.78 is 4.80. The molecule has 5 aromatic rings. The topological polar surface area (TPSA) is 122 Å². The van der Waals surface area contributed by atoms with Crippen LogP contribution in [0, 0.1) is 0 Å². The summed E-state index contributed by atoms with van der Waals surface area (Å²) in [7, 11) is 1.30. The number of aromatic nitrogens is 2. The highest BCUT2D eigenvalue weighted by atomic mass is 16.6. The highest BCUT2D eigenvalue weighted by molar-refractivity contribution is 6.04. The van der Waals surface area contributed by atoms with Gasteiger partial charge in [-0.3, -0.25) is 14.4 Å². The van der Waals surface area contributed by atoms with E-state index in [1.54, 1.807) is 18.2 Å². The van der Waals surface area contributed by atoms with Gasteiger partial charge < -0.3 is 15.0 Å². The number of ether oxygens (including phenoxy) is 1. The fourth-order valence-electron chi connectivity index (χ4n) is 4.99. The van der Waals surface area contributed by atoms with Crippen molar-refractivity contribution >= 4 is 39.6 Å². The van der Waals surface area contributed by atoms with Crippen LogP contribution in [0.5, 0.6) is 0 Å². The van der Waals surface area contributed by atoms with Crippen molar-refractivity contribution in [1.82, 2.24) is 20.8 Å². The van der Waals surface area contributed by atoms with Gasteiger partial charge in [0, 0.05) is 17.4 Å². The first-order valence-corrected chi connectivity index (χ1v) is 14.3. The lowest BCUT2D eigenvalue weighted by atomic mass is 10.0. The highest BCUT2D eigenvalue weighted by Gasteiger charge is 2.21. The van der Waals surface area contributed by atoms with E-state index >= 15 is 0 Å². The molecule has 9 nitrogen and oxygen atoms in total. The number of hydrogen-bond acceptors (Lipinski definition) is 6. The zero-order valence-corrected chi connectivity index (χ0v) is 24.0. The Morgan fingerprint density at radius 3 is 2.49 bits per heavy atom. The summed E-state index contributed by atoms with van der Waals surface area (Å²) >= 11 is 0. The molecule has 0 saturated heterocycles. The average Bonchev–Trinajstić information content (AvgIpc) is 3.49. The maximum Gasteiger partial charge on any atom is 0.337 e. The van der Waals surface area contributed by atoms with Crippen LogP contribution in [0.3, 0.4) is 0 Å². The van der Waals surface area contributed by atoms with Crippen LogP contribution in [0.2, 0.25) is 0 Å². The summed E-state index contributed by atoms with van der Waals surface area (Å²) in [5.74, 6) is -0.354. The fraction of sp³-hybridized carbons (Fsp3) is 0.235. The zero-order valence-electron chi connectivity index (χ0n) is 24.0. The molecule has 0 aliphatic rings. The van der Waals surface area contributed by atoms with Crippen molar-refractivity contribution in [2.45, 2.75) is 44.8 Å². The number of amides is 2. The fourth-order valence-corrected chi connectivity index (χ4v) is 4.99. The van der Waals surface area contributed by atoms with Crippen LogP contribution < -0.4 is 10.8 Å². The van der Waals surface area contributed by atoms with Gasteiger partial charge in [-0.25, -0.2) is 15.3 Å². The van der Waals surface area contributed by atoms with E-state index in [0.29, 0.717) is 42.8 Å². The van der Waals surface area contributed by atoms with Crippen LogP contribution in [-0.2, 0) is 21.0 Å². The molecule has 2 amide bonds. The molecule has 5 rings (SSSR count). The lowest BCUT2D eigenvalue weighted by molar-refractivity contribution is -0.134. The van der Waals surface area contributed by atoms with Crippen LogP contribution >= 0.6 is 0 Å². The van der Waals surface area contributed by atoms with Gasteiger partial charge in [0.1, 0.15) is 5.82 Å². The lowest BCUT2D eigenvalue weighted by Crippen LogP contribution is -2.29. The first-order chi connectivity index (χ1) is 21.0. The van der Waals surface area contributed by atoms with Crippen molar-refractivity contribution in [2.75, 3.05) is 7.11 Å². The third kappa shape index (κ3) is 7.64. The molecule has 0 saturated carbocycles. The zero-order chi connectivity index (χ0) is 30.0. The van der Waals surface area contributed by atoms with E-state index in [1.807, 2.05) is 66.7 Å². The van der Waals surface area contributed by atoms with E-state index in [4.69, 9.17) is 14.6 Å². The Hall–Kier alpha value is -5.02. The molecule has 220 valence electrons. The Morgan fingerprint density at radius 1 is 0.860 bits per heavy atom. The Morgan fingerprint density at radius 2 is 1.65 bits per heavy atom. The number of hydroxylamine groups is 1. The molecule has 0 radical (unpaired) electrons. The smallest absolute Gasteiger partial charge is 0.337 e. The first-order valence-electron chi connectivity index (χ1n) is 14.3. The Labute approximate surface area is 249 Å². The maximum atomic E-state index is 13.3. The molecule has 4 aromatic carbocycles. The van der Waals surface area contributed by atoms with Gasteiger partial charge in [0.25, 0.3) is 5.91 Å². The van der Waals surface area contributed by atoms with Crippen molar-refractivity contribution in [2.24, 2.45) is 0 Å². The monoisotopic (exact) mass is 578 g/mol. The van der Waals surface area contributed by atoms with E-state index in [-0.39, 0.29) is 11.8 Å². The SMILES string of the molecule is COC(=O)c1cccc(C(=O)N[C@@H](CCCCCC(=O)NOCc2ccccc2)c2nc3c(ccc4ccccc43)[nH]2)c1. The van der Waals surface area contributed by atoms with Gasteiger partial charge >= 0.3 is 5.97 Å². The summed E-state index contributed by atoms with van der Waals surface area (Å²) in [4.78, 5) is 51.2. The molecule has 0 unspecified atom stereocenters. The lowest BCUT2D eigenvalue weighted by Gasteiger charge is -2.17. The predicted molar refractivity (Wildman–Crippen MR) is 164 cm³/mol. The van der Waals surface area contributed by atoms with Gasteiger partial charge in [0.2, 0.25) is 5.91 Å². The second kappa shape index (κ2) is 14.2. The summed E-state index contributed by atoms with van der Waals surface area (Å²) in [6.45, 7) is 0.309. The van der Waals surface area contributed by atoms with Gasteiger partial charge in [-0.1, -0.05) is 79.6 Å². The molecule has 0 fully saturated rings. The van der Waals surface area contributed by atoms with Crippen molar-refractivity contribution in [3.05, 3.63) is 114 Å². The molecule has 0 aliphatic heterocycles. The molecule has 1 atom stereocenters. The van der Waals surface area contributed by atoms with Gasteiger partial charge in [0.05, 0.1) is 36.4 Å². The van der Waals surface area contributed by atoms with Gasteiger partial charge in [-0.15, -0.1) is 0 Å².